The van der Waals surface area contributed by atoms with Crippen LogP contribution >= 0.6 is 0 Å². The lowest BCUT2D eigenvalue weighted by atomic mass is 10.1. The number of H-pyrrole nitrogens is 1. The lowest BCUT2D eigenvalue weighted by Gasteiger charge is -2.05. The van der Waals surface area contributed by atoms with E-state index in [0.717, 1.165) is 0 Å². The van der Waals surface area contributed by atoms with Crippen LogP contribution < -0.4 is 15.5 Å². The number of aromatic nitrogens is 1. The Hall–Kier alpha value is -2.34. The van der Waals surface area contributed by atoms with Crippen LogP contribution in [-0.2, 0) is 0 Å². The average Bonchev–Trinajstić information content (AvgIpc) is 2.45. The van der Waals surface area contributed by atoms with Crippen LogP contribution in [0.3, 0.4) is 0 Å². The highest BCUT2D eigenvalue weighted by molar-refractivity contribution is 5.97. The molecule has 6 heteroatoms. The van der Waals surface area contributed by atoms with Crippen LogP contribution in [0.25, 0.3) is 10.9 Å². The number of benzene rings is 1. The highest BCUT2D eigenvalue weighted by Gasteiger charge is 2.12. The summed E-state index contributed by atoms with van der Waals surface area (Å²) in [5, 5.41) is 11.5. The number of methoxy groups -OCH3 is 1. The molecule has 0 aliphatic heterocycles. The zero-order chi connectivity index (χ0) is 13.8. The van der Waals surface area contributed by atoms with Crippen molar-refractivity contribution in [1.82, 2.24) is 10.3 Å². The van der Waals surface area contributed by atoms with Crippen LogP contribution in [0.2, 0.25) is 0 Å². The Morgan fingerprint density at radius 3 is 2.95 bits per heavy atom. The molecule has 1 amide bonds. The SMILES string of the molecule is COc1ccc2[nH]cc(C(=O)NCCO)c(=O)c2c1. The second-order valence-electron chi connectivity index (χ2n) is 3.92. The standard InChI is InChI=1S/C13H14N2O4/c1-19-8-2-3-11-9(6-8)12(17)10(7-15-11)13(18)14-4-5-16/h2-3,6-7,16H,4-5H2,1H3,(H,14,18)(H,15,17). The van der Waals surface area contributed by atoms with Gasteiger partial charge in [0.2, 0.25) is 5.43 Å². The lowest BCUT2D eigenvalue weighted by Crippen LogP contribution is -2.30. The first-order chi connectivity index (χ1) is 9.17. The van der Waals surface area contributed by atoms with Crippen molar-refractivity contribution >= 4 is 16.8 Å². The quantitative estimate of drug-likeness (QED) is 0.737. The minimum Gasteiger partial charge on any atom is -0.497 e. The van der Waals surface area contributed by atoms with Gasteiger partial charge in [-0.25, -0.2) is 0 Å². The van der Waals surface area contributed by atoms with Crippen LogP contribution in [0.15, 0.2) is 29.2 Å². The Morgan fingerprint density at radius 2 is 2.26 bits per heavy atom. The summed E-state index contributed by atoms with van der Waals surface area (Å²) < 4.78 is 5.06. The predicted octanol–water partition coefficient (Wildman–Crippen LogP) is 0.259. The van der Waals surface area contributed by atoms with E-state index >= 15 is 0 Å². The second kappa shape index (κ2) is 5.53. The zero-order valence-electron chi connectivity index (χ0n) is 10.4. The molecule has 1 heterocycles. The maximum absolute atomic E-state index is 12.2. The number of hydrogen-bond acceptors (Lipinski definition) is 4. The van der Waals surface area contributed by atoms with Gasteiger partial charge in [-0.3, -0.25) is 9.59 Å². The maximum Gasteiger partial charge on any atom is 0.256 e. The van der Waals surface area contributed by atoms with Crippen LogP contribution in [0.1, 0.15) is 10.4 Å². The van der Waals surface area contributed by atoms with E-state index in [4.69, 9.17) is 9.84 Å². The first-order valence-electron chi connectivity index (χ1n) is 5.76. The van der Waals surface area contributed by atoms with Crippen molar-refractivity contribution in [3.05, 3.63) is 40.2 Å². The Balaban J connectivity index is 2.50. The molecule has 3 N–H and O–H groups in total. The van der Waals surface area contributed by atoms with E-state index in [1.165, 1.54) is 13.3 Å². The third-order valence-corrected chi connectivity index (χ3v) is 2.73. The van der Waals surface area contributed by atoms with Crippen molar-refractivity contribution in [2.45, 2.75) is 0 Å². The number of carbonyl (C=O) groups is 1. The second-order valence-corrected chi connectivity index (χ2v) is 3.92. The van der Waals surface area contributed by atoms with Gasteiger partial charge in [0.1, 0.15) is 11.3 Å². The van der Waals surface area contributed by atoms with E-state index in [9.17, 15) is 9.59 Å². The largest absolute Gasteiger partial charge is 0.497 e. The first kappa shape index (κ1) is 13.1. The lowest BCUT2D eigenvalue weighted by molar-refractivity contribution is 0.0943. The molecule has 0 radical (unpaired) electrons. The minimum atomic E-state index is -0.514. The molecule has 0 saturated carbocycles. The first-order valence-corrected chi connectivity index (χ1v) is 5.76. The van der Waals surface area contributed by atoms with Crippen LogP contribution in [-0.4, -0.2) is 36.3 Å². The summed E-state index contributed by atoms with van der Waals surface area (Å²) in [6.07, 6.45) is 1.36. The van der Waals surface area contributed by atoms with Gasteiger partial charge in [-0.15, -0.1) is 0 Å². The number of rotatable bonds is 4. The number of ether oxygens (including phenoxy) is 1. The van der Waals surface area contributed by atoms with Crippen LogP contribution in [0.4, 0.5) is 0 Å². The molecule has 2 aromatic rings. The number of aromatic amines is 1. The number of hydrogen-bond donors (Lipinski definition) is 3. The van der Waals surface area contributed by atoms with Crippen molar-refractivity contribution in [1.29, 1.82) is 0 Å². The van der Waals surface area contributed by atoms with E-state index in [1.54, 1.807) is 18.2 Å². The number of nitrogens with one attached hydrogen (secondary N) is 2. The molecule has 0 aliphatic rings. The number of amides is 1. The minimum absolute atomic E-state index is 0.00852. The number of carbonyl (C=O) groups excluding carboxylic acids is 1. The van der Waals surface area contributed by atoms with Gasteiger partial charge in [-0.2, -0.15) is 0 Å². The van der Waals surface area contributed by atoms with E-state index in [2.05, 4.69) is 10.3 Å². The van der Waals surface area contributed by atoms with Gasteiger partial charge in [-0.05, 0) is 18.2 Å². The molecule has 0 aliphatic carbocycles. The fourth-order valence-electron chi connectivity index (χ4n) is 1.76. The highest BCUT2D eigenvalue weighted by Crippen LogP contribution is 2.16. The Labute approximate surface area is 109 Å². The summed E-state index contributed by atoms with van der Waals surface area (Å²) >= 11 is 0. The van der Waals surface area contributed by atoms with E-state index < -0.39 is 5.91 Å². The molecule has 0 atom stereocenters. The average molecular weight is 262 g/mol. The molecule has 0 unspecified atom stereocenters. The summed E-state index contributed by atoms with van der Waals surface area (Å²) in [6.45, 7) is -0.0700. The van der Waals surface area contributed by atoms with Gasteiger partial charge in [0.15, 0.2) is 0 Å². The molecule has 6 nitrogen and oxygen atoms in total. The summed E-state index contributed by atoms with van der Waals surface area (Å²) in [4.78, 5) is 26.8. The van der Waals surface area contributed by atoms with Gasteiger partial charge < -0.3 is 20.1 Å². The van der Waals surface area contributed by atoms with Crippen LogP contribution in [0.5, 0.6) is 5.75 Å². The summed E-state index contributed by atoms with van der Waals surface area (Å²) in [5.41, 5.74) is 0.266. The third-order valence-electron chi connectivity index (χ3n) is 2.73. The fourth-order valence-corrected chi connectivity index (χ4v) is 1.76. The molecule has 0 saturated heterocycles. The van der Waals surface area contributed by atoms with Gasteiger partial charge in [0.05, 0.1) is 13.7 Å². The normalized spacial score (nSPS) is 10.4. The number of aliphatic hydroxyl groups excluding tert-OH is 1. The van der Waals surface area contributed by atoms with Gasteiger partial charge in [-0.1, -0.05) is 0 Å². The number of aliphatic hydroxyl groups is 1. The molecule has 1 aromatic heterocycles. The maximum atomic E-state index is 12.2. The predicted molar refractivity (Wildman–Crippen MR) is 70.5 cm³/mol. The molecule has 0 bridgehead atoms. The van der Waals surface area contributed by atoms with E-state index in [1.807, 2.05) is 0 Å². The molecule has 19 heavy (non-hydrogen) atoms. The van der Waals surface area contributed by atoms with Gasteiger partial charge in [0, 0.05) is 23.6 Å². The summed E-state index contributed by atoms with van der Waals surface area (Å²) in [5.74, 6) is 0.0333. The van der Waals surface area contributed by atoms with Gasteiger partial charge >= 0.3 is 0 Å². The topological polar surface area (TPSA) is 91.4 Å². The molecule has 100 valence electrons. The number of pyridine rings is 1. The van der Waals surface area contributed by atoms with Gasteiger partial charge in [0.25, 0.3) is 5.91 Å². The van der Waals surface area contributed by atoms with Crippen molar-refractivity contribution in [3.8, 4) is 5.75 Å². The Kier molecular flexibility index (Phi) is 3.82. The summed E-state index contributed by atoms with van der Waals surface area (Å²) in [6, 6.07) is 5.02. The molecule has 2 rings (SSSR count). The number of fused-ring (bicyclic) bond motifs is 1. The summed E-state index contributed by atoms with van der Waals surface area (Å²) in [7, 11) is 1.51. The highest BCUT2D eigenvalue weighted by atomic mass is 16.5. The molecule has 0 fully saturated rings. The van der Waals surface area contributed by atoms with E-state index in [0.29, 0.717) is 16.7 Å². The molecular weight excluding hydrogens is 248 g/mol. The van der Waals surface area contributed by atoms with Crippen LogP contribution in [0, 0.1) is 0 Å². The van der Waals surface area contributed by atoms with Crippen molar-refractivity contribution < 1.29 is 14.6 Å². The Morgan fingerprint density at radius 1 is 1.47 bits per heavy atom. The van der Waals surface area contributed by atoms with Crippen molar-refractivity contribution in [2.75, 3.05) is 20.3 Å². The van der Waals surface area contributed by atoms with E-state index in [-0.39, 0.29) is 24.1 Å². The monoisotopic (exact) mass is 262 g/mol. The molecule has 1 aromatic carbocycles. The molecular formula is C13H14N2O4. The van der Waals surface area contributed by atoms with Crippen molar-refractivity contribution in [3.63, 3.8) is 0 Å². The Bertz CT molecular complexity index is 663. The van der Waals surface area contributed by atoms with Crippen molar-refractivity contribution in [2.24, 2.45) is 0 Å². The smallest absolute Gasteiger partial charge is 0.256 e. The molecule has 0 spiro atoms. The zero-order valence-corrected chi connectivity index (χ0v) is 10.4. The fraction of sp³-hybridized carbons (Fsp3) is 0.231. The third kappa shape index (κ3) is 2.58.